The molecule has 0 radical (unpaired) electrons. The van der Waals surface area contributed by atoms with Gasteiger partial charge in [0, 0.05) is 11.8 Å². The Bertz CT molecular complexity index is 571. The fourth-order valence-corrected chi connectivity index (χ4v) is 2.57. The van der Waals surface area contributed by atoms with Crippen molar-refractivity contribution in [2.24, 2.45) is 0 Å². The van der Waals surface area contributed by atoms with Gasteiger partial charge >= 0.3 is 0 Å². The van der Waals surface area contributed by atoms with Crippen LogP contribution in [0.25, 0.3) is 11.3 Å². The van der Waals surface area contributed by atoms with E-state index in [0.717, 1.165) is 16.9 Å². The summed E-state index contributed by atoms with van der Waals surface area (Å²) in [7, 11) is 0. The number of rotatable bonds is 2. The third kappa shape index (κ3) is 1.78. The lowest BCUT2D eigenvalue weighted by Gasteiger charge is -2.28. The topological polar surface area (TPSA) is 38.9 Å². The zero-order valence-electron chi connectivity index (χ0n) is 10.7. The highest BCUT2D eigenvalue weighted by Crippen LogP contribution is 2.41. The van der Waals surface area contributed by atoms with E-state index in [4.69, 9.17) is 5.73 Å². The molecule has 1 saturated carbocycles. The zero-order valence-corrected chi connectivity index (χ0v) is 10.7. The quantitative estimate of drug-likeness (QED) is 0.861. The minimum absolute atomic E-state index is 0.697. The average molecular weight is 238 g/mol. The molecule has 0 atom stereocenters. The second kappa shape index (κ2) is 4.45. The molecule has 0 bridgehead atoms. The van der Waals surface area contributed by atoms with Gasteiger partial charge in [0.2, 0.25) is 0 Å². The number of nitrogen functional groups attached to an aromatic ring is 1. The first-order valence-corrected chi connectivity index (χ1v) is 6.58. The van der Waals surface area contributed by atoms with Crippen LogP contribution in [0.3, 0.4) is 0 Å². The normalized spacial score (nSPS) is 15.4. The monoisotopic (exact) mass is 238 g/mol. The van der Waals surface area contributed by atoms with E-state index in [1.54, 1.807) is 0 Å². The van der Waals surface area contributed by atoms with Gasteiger partial charge < -0.3 is 5.73 Å². The molecule has 18 heavy (non-hydrogen) atoms. The summed E-state index contributed by atoms with van der Waals surface area (Å²) >= 11 is 0. The Kier molecular flexibility index (Phi) is 2.78. The summed E-state index contributed by atoms with van der Waals surface area (Å²) in [5.41, 5.74) is 11.7. The number of aryl methyl sites for hydroxylation is 1. The van der Waals surface area contributed by atoms with Crippen LogP contribution in [0.1, 0.15) is 36.3 Å². The van der Waals surface area contributed by atoms with Crippen molar-refractivity contribution in [3.05, 3.63) is 47.7 Å². The maximum atomic E-state index is 6.18. The molecular weight excluding hydrogens is 220 g/mol. The van der Waals surface area contributed by atoms with E-state index >= 15 is 0 Å². The summed E-state index contributed by atoms with van der Waals surface area (Å²) in [5, 5.41) is 0. The highest BCUT2D eigenvalue weighted by atomic mass is 14.7. The number of nitrogens with two attached hydrogens (primary N) is 1. The highest BCUT2D eigenvalue weighted by molar-refractivity contribution is 5.77. The summed E-state index contributed by atoms with van der Waals surface area (Å²) in [6, 6.07) is 10.5. The van der Waals surface area contributed by atoms with Gasteiger partial charge in [0.1, 0.15) is 0 Å². The van der Waals surface area contributed by atoms with Crippen molar-refractivity contribution >= 4 is 5.69 Å². The van der Waals surface area contributed by atoms with Gasteiger partial charge in [-0.1, -0.05) is 30.7 Å². The number of nitrogens with zero attached hydrogens (tertiary/aromatic N) is 1. The van der Waals surface area contributed by atoms with Crippen LogP contribution in [0, 0.1) is 6.92 Å². The van der Waals surface area contributed by atoms with E-state index in [1.807, 2.05) is 19.2 Å². The first kappa shape index (κ1) is 11.3. The Balaban J connectivity index is 2.13. The lowest BCUT2D eigenvalue weighted by Crippen LogP contribution is -2.10. The molecule has 0 unspecified atom stereocenters. The summed E-state index contributed by atoms with van der Waals surface area (Å²) in [6.07, 6.45) is 5.78. The van der Waals surface area contributed by atoms with Gasteiger partial charge in [0.15, 0.2) is 0 Å². The van der Waals surface area contributed by atoms with Gasteiger partial charge in [-0.15, -0.1) is 0 Å². The Morgan fingerprint density at radius 3 is 2.67 bits per heavy atom. The molecule has 1 aliphatic carbocycles. The second-order valence-electron chi connectivity index (χ2n) is 5.11. The molecule has 3 rings (SSSR count). The SMILES string of the molecule is Cc1ccnc(-c2ccccc2C2CCC2)c1N. The molecule has 2 heteroatoms. The maximum absolute atomic E-state index is 6.18. The zero-order chi connectivity index (χ0) is 12.5. The van der Waals surface area contributed by atoms with Crippen molar-refractivity contribution in [2.75, 3.05) is 5.73 Å². The molecular formula is C16H18N2. The minimum Gasteiger partial charge on any atom is -0.397 e. The molecule has 0 amide bonds. The number of benzene rings is 1. The van der Waals surface area contributed by atoms with Crippen molar-refractivity contribution < 1.29 is 0 Å². The fourth-order valence-electron chi connectivity index (χ4n) is 2.57. The van der Waals surface area contributed by atoms with Gasteiger partial charge in [-0.25, -0.2) is 0 Å². The summed E-state index contributed by atoms with van der Waals surface area (Å²) in [6.45, 7) is 2.03. The third-order valence-corrected chi connectivity index (χ3v) is 3.97. The molecule has 0 spiro atoms. The van der Waals surface area contributed by atoms with E-state index in [0.29, 0.717) is 5.92 Å². The Labute approximate surface area is 108 Å². The molecule has 2 aromatic rings. The summed E-state index contributed by atoms with van der Waals surface area (Å²) < 4.78 is 0. The van der Waals surface area contributed by atoms with Gasteiger partial charge in [0.05, 0.1) is 11.4 Å². The van der Waals surface area contributed by atoms with Crippen molar-refractivity contribution in [3.63, 3.8) is 0 Å². The van der Waals surface area contributed by atoms with Crippen LogP contribution >= 0.6 is 0 Å². The standard InChI is InChI=1S/C16H18N2/c1-11-9-10-18-16(15(11)17)14-8-3-2-7-13(14)12-5-4-6-12/h2-3,7-10,12H,4-6,17H2,1H3. The summed E-state index contributed by atoms with van der Waals surface area (Å²) in [5.74, 6) is 0.697. The van der Waals surface area contributed by atoms with Crippen LogP contribution < -0.4 is 5.73 Å². The van der Waals surface area contributed by atoms with Gasteiger partial charge in [-0.2, -0.15) is 0 Å². The van der Waals surface area contributed by atoms with Crippen molar-refractivity contribution in [3.8, 4) is 11.3 Å². The van der Waals surface area contributed by atoms with Crippen LogP contribution in [0.15, 0.2) is 36.5 Å². The average Bonchev–Trinajstić information content (AvgIpc) is 2.32. The van der Waals surface area contributed by atoms with Crippen LogP contribution in [0.2, 0.25) is 0 Å². The maximum Gasteiger partial charge on any atom is 0.0936 e. The van der Waals surface area contributed by atoms with Crippen molar-refractivity contribution in [2.45, 2.75) is 32.1 Å². The highest BCUT2D eigenvalue weighted by Gasteiger charge is 2.23. The number of anilines is 1. The molecule has 2 nitrogen and oxygen atoms in total. The molecule has 1 heterocycles. The lowest BCUT2D eigenvalue weighted by molar-refractivity contribution is 0.420. The number of aromatic nitrogens is 1. The van der Waals surface area contributed by atoms with Crippen LogP contribution in [-0.4, -0.2) is 4.98 Å². The fraction of sp³-hybridized carbons (Fsp3) is 0.312. The Hall–Kier alpha value is -1.83. The Morgan fingerprint density at radius 2 is 1.94 bits per heavy atom. The van der Waals surface area contributed by atoms with E-state index in [9.17, 15) is 0 Å². The van der Waals surface area contributed by atoms with Gasteiger partial charge in [-0.05, 0) is 42.9 Å². The second-order valence-corrected chi connectivity index (χ2v) is 5.11. The first-order valence-electron chi connectivity index (χ1n) is 6.58. The molecule has 0 saturated heterocycles. The van der Waals surface area contributed by atoms with Crippen LogP contribution in [0.4, 0.5) is 5.69 Å². The number of hydrogen-bond donors (Lipinski definition) is 1. The molecule has 1 aliphatic rings. The van der Waals surface area contributed by atoms with E-state index in [1.165, 1.54) is 30.4 Å². The molecule has 2 N–H and O–H groups in total. The van der Waals surface area contributed by atoms with E-state index < -0.39 is 0 Å². The number of pyridine rings is 1. The molecule has 1 fully saturated rings. The van der Waals surface area contributed by atoms with Gasteiger partial charge in [0.25, 0.3) is 0 Å². The van der Waals surface area contributed by atoms with Crippen LogP contribution in [0.5, 0.6) is 0 Å². The largest absolute Gasteiger partial charge is 0.397 e. The first-order chi connectivity index (χ1) is 8.77. The molecule has 0 aliphatic heterocycles. The summed E-state index contributed by atoms with van der Waals surface area (Å²) in [4.78, 5) is 4.49. The lowest BCUT2D eigenvalue weighted by atomic mass is 9.77. The third-order valence-electron chi connectivity index (χ3n) is 3.97. The molecule has 1 aromatic carbocycles. The Morgan fingerprint density at radius 1 is 1.17 bits per heavy atom. The predicted molar refractivity (Wildman–Crippen MR) is 75.4 cm³/mol. The molecule has 1 aromatic heterocycles. The number of hydrogen-bond acceptors (Lipinski definition) is 2. The minimum atomic E-state index is 0.697. The van der Waals surface area contributed by atoms with Crippen LogP contribution in [-0.2, 0) is 0 Å². The molecule has 92 valence electrons. The van der Waals surface area contributed by atoms with E-state index in [-0.39, 0.29) is 0 Å². The predicted octanol–water partition coefficient (Wildman–Crippen LogP) is 3.91. The van der Waals surface area contributed by atoms with Crippen molar-refractivity contribution in [1.82, 2.24) is 4.98 Å². The van der Waals surface area contributed by atoms with E-state index in [2.05, 4.69) is 29.2 Å². The van der Waals surface area contributed by atoms with Crippen molar-refractivity contribution in [1.29, 1.82) is 0 Å². The smallest absolute Gasteiger partial charge is 0.0936 e. The van der Waals surface area contributed by atoms with Gasteiger partial charge in [-0.3, -0.25) is 4.98 Å².